The third-order valence-electron chi connectivity index (χ3n) is 9.08. The van der Waals surface area contributed by atoms with Crippen molar-refractivity contribution < 1.29 is 0 Å². The Kier molecular flexibility index (Phi) is 6.88. The number of hydrogen-bond acceptors (Lipinski definition) is 4. The van der Waals surface area contributed by atoms with Crippen molar-refractivity contribution in [3.8, 4) is 33.6 Å². The van der Waals surface area contributed by atoms with Crippen LogP contribution in [0.1, 0.15) is 30.7 Å². The Labute approximate surface area is 257 Å². The molecule has 0 saturated heterocycles. The van der Waals surface area contributed by atoms with E-state index in [-0.39, 0.29) is 18.0 Å². The normalized spacial score (nSPS) is 19.5. The van der Waals surface area contributed by atoms with Crippen LogP contribution in [0.3, 0.4) is 0 Å². The van der Waals surface area contributed by atoms with Crippen LogP contribution in [-0.4, -0.2) is 34.5 Å². The predicted molar refractivity (Wildman–Crippen MR) is 184 cm³/mol. The highest BCUT2D eigenvalue weighted by Gasteiger charge is 2.28. The molecule has 0 fully saturated rings. The average molecular weight is 569 g/mol. The molecule has 6 aromatic rings. The third-order valence-corrected chi connectivity index (χ3v) is 9.08. The molecule has 2 aliphatic heterocycles. The number of rotatable bonds is 5. The van der Waals surface area contributed by atoms with E-state index in [2.05, 4.69) is 102 Å². The summed E-state index contributed by atoms with van der Waals surface area (Å²) < 4.78 is 0. The first-order valence-electron chi connectivity index (χ1n) is 15.5. The molecule has 4 nitrogen and oxygen atoms in total. The molecule has 44 heavy (non-hydrogen) atoms. The molecule has 0 spiro atoms. The minimum atomic E-state index is 0.239. The highest BCUT2D eigenvalue weighted by Crippen LogP contribution is 2.44. The quantitative estimate of drug-likeness (QED) is 0.195. The lowest BCUT2D eigenvalue weighted by atomic mass is 9.80. The van der Waals surface area contributed by atoms with Crippen LogP contribution < -0.4 is 0 Å². The highest BCUT2D eigenvalue weighted by molar-refractivity contribution is 6.16. The lowest BCUT2D eigenvalue weighted by molar-refractivity contribution is 0.467. The molecule has 3 unspecified atom stereocenters. The fourth-order valence-electron chi connectivity index (χ4n) is 6.92. The van der Waals surface area contributed by atoms with Crippen LogP contribution in [0.4, 0.5) is 0 Å². The molecular formula is C40H32N4. The van der Waals surface area contributed by atoms with Gasteiger partial charge in [0.2, 0.25) is 0 Å². The molecule has 4 heteroatoms. The summed E-state index contributed by atoms with van der Waals surface area (Å²) in [6.45, 7) is 0. The summed E-state index contributed by atoms with van der Waals surface area (Å²) in [5.74, 6) is 0.239. The Hall–Kier alpha value is -5.22. The standard InChI is InChI=1S/C40H32N4/c1-2-10-27(11-3-1)28-16-19-33-34(24-28)40(30-18-21-38(44-26-30)36-15-7-9-23-42-36)32-13-5-4-12-31(32)39(33)29-17-20-37(43-25-29)35-14-6-8-22-41-35/h1-13,15-16,18-19,21-26,29,35,37H,14,17,20H2. The summed E-state index contributed by atoms with van der Waals surface area (Å²) in [4.78, 5) is 19.2. The van der Waals surface area contributed by atoms with E-state index in [1.165, 1.54) is 43.8 Å². The van der Waals surface area contributed by atoms with Crippen LogP contribution in [0.15, 0.2) is 138 Å². The van der Waals surface area contributed by atoms with Gasteiger partial charge in [0.1, 0.15) is 0 Å². The zero-order valence-corrected chi connectivity index (χ0v) is 24.4. The van der Waals surface area contributed by atoms with E-state index < -0.39 is 0 Å². The predicted octanol–water partition coefficient (Wildman–Crippen LogP) is 9.50. The van der Waals surface area contributed by atoms with Crippen molar-refractivity contribution in [3.63, 3.8) is 0 Å². The van der Waals surface area contributed by atoms with Crippen molar-refractivity contribution in [2.75, 3.05) is 0 Å². The second-order valence-electron chi connectivity index (χ2n) is 11.7. The molecule has 2 aliphatic rings. The molecule has 0 saturated carbocycles. The van der Waals surface area contributed by atoms with E-state index in [1.54, 1.807) is 0 Å². The van der Waals surface area contributed by atoms with Crippen molar-refractivity contribution >= 4 is 34.0 Å². The zero-order valence-electron chi connectivity index (χ0n) is 24.4. The third kappa shape index (κ3) is 4.83. The Bertz CT molecular complexity index is 2040. The zero-order chi connectivity index (χ0) is 29.3. The minimum Gasteiger partial charge on any atom is -0.291 e. The smallest absolute Gasteiger partial charge is 0.0886 e. The Morgan fingerprint density at radius 3 is 2.11 bits per heavy atom. The van der Waals surface area contributed by atoms with Gasteiger partial charge in [-0.15, -0.1) is 0 Å². The second kappa shape index (κ2) is 11.5. The van der Waals surface area contributed by atoms with Crippen LogP contribution in [0.2, 0.25) is 0 Å². The van der Waals surface area contributed by atoms with Crippen LogP contribution in [0.5, 0.6) is 0 Å². The number of pyridine rings is 2. The van der Waals surface area contributed by atoms with Gasteiger partial charge in [-0.25, -0.2) is 0 Å². The van der Waals surface area contributed by atoms with Crippen LogP contribution in [0.25, 0.3) is 55.2 Å². The van der Waals surface area contributed by atoms with E-state index in [4.69, 9.17) is 15.0 Å². The monoisotopic (exact) mass is 568 g/mol. The molecule has 0 radical (unpaired) electrons. The van der Waals surface area contributed by atoms with Gasteiger partial charge < -0.3 is 0 Å². The number of allylic oxidation sites excluding steroid dienone is 1. The first-order valence-corrected chi connectivity index (χ1v) is 15.5. The summed E-state index contributed by atoms with van der Waals surface area (Å²) in [7, 11) is 0. The minimum absolute atomic E-state index is 0.239. The Morgan fingerprint density at radius 2 is 1.36 bits per heavy atom. The van der Waals surface area contributed by atoms with Gasteiger partial charge in [-0.2, -0.15) is 0 Å². The second-order valence-corrected chi connectivity index (χ2v) is 11.7. The largest absolute Gasteiger partial charge is 0.291 e. The molecule has 2 aromatic heterocycles. The summed E-state index contributed by atoms with van der Waals surface area (Å²) >= 11 is 0. The van der Waals surface area contributed by atoms with Gasteiger partial charge in [0, 0.05) is 36.3 Å². The van der Waals surface area contributed by atoms with Gasteiger partial charge >= 0.3 is 0 Å². The van der Waals surface area contributed by atoms with Crippen molar-refractivity contribution in [1.29, 1.82) is 0 Å². The maximum atomic E-state index is 5.12. The molecule has 212 valence electrons. The summed E-state index contributed by atoms with van der Waals surface area (Å²) in [5, 5.41) is 5.04. The first-order chi connectivity index (χ1) is 21.8. The number of benzene rings is 4. The van der Waals surface area contributed by atoms with Gasteiger partial charge in [-0.1, -0.05) is 84.9 Å². The number of dihydropyridines is 1. The van der Waals surface area contributed by atoms with E-state index in [9.17, 15) is 0 Å². The van der Waals surface area contributed by atoms with Gasteiger partial charge in [0.15, 0.2) is 0 Å². The van der Waals surface area contributed by atoms with Crippen LogP contribution in [-0.2, 0) is 0 Å². The number of hydrogen-bond donors (Lipinski definition) is 0. The molecule has 4 heterocycles. The van der Waals surface area contributed by atoms with E-state index in [1.807, 2.05) is 42.9 Å². The maximum absolute atomic E-state index is 5.12. The SMILES string of the molecule is C1=CCC(C2CCC(c3c4ccccc4c(-c4ccc(-c5ccccn5)nc4)c4cc(-c5ccccc5)ccc34)C=N2)N=C1. The number of aliphatic imine (C=N–C) groups is 2. The molecule has 8 rings (SSSR count). The van der Waals surface area contributed by atoms with Crippen molar-refractivity contribution in [2.45, 2.75) is 37.3 Å². The molecule has 0 bridgehead atoms. The topological polar surface area (TPSA) is 50.5 Å². The number of nitrogens with zero attached hydrogens (tertiary/aromatic N) is 4. The molecule has 0 amide bonds. The average Bonchev–Trinajstić information content (AvgIpc) is 3.12. The maximum Gasteiger partial charge on any atom is 0.0886 e. The van der Waals surface area contributed by atoms with E-state index >= 15 is 0 Å². The van der Waals surface area contributed by atoms with Gasteiger partial charge in [0.05, 0.1) is 23.5 Å². The van der Waals surface area contributed by atoms with Gasteiger partial charge in [-0.3, -0.25) is 20.0 Å². The Balaban J connectivity index is 1.32. The molecule has 0 aliphatic carbocycles. The molecule has 0 N–H and O–H groups in total. The summed E-state index contributed by atoms with van der Waals surface area (Å²) in [5.41, 5.74) is 7.85. The lowest BCUT2D eigenvalue weighted by Crippen LogP contribution is -2.27. The van der Waals surface area contributed by atoms with Gasteiger partial charge in [0.25, 0.3) is 0 Å². The number of aromatic nitrogens is 2. The van der Waals surface area contributed by atoms with Crippen LogP contribution >= 0.6 is 0 Å². The lowest BCUT2D eigenvalue weighted by Gasteiger charge is -2.29. The van der Waals surface area contributed by atoms with Crippen molar-refractivity contribution in [1.82, 2.24) is 9.97 Å². The summed E-state index contributed by atoms with van der Waals surface area (Å²) in [6.07, 6.45) is 15.3. The van der Waals surface area contributed by atoms with E-state index in [0.717, 1.165) is 36.2 Å². The first kappa shape index (κ1) is 26.4. The van der Waals surface area contributed by atoms with Gasteiger partial charge in [-0.05, 0) is 93.4 Å². The highest BCUT2D eigenvalue weighted by atomic mass is 14.9. The fraction of sp³-hybridized carbons (Fsp3) is 0.150. The molecule has 4 aromatic carbocycles. The fourth-order valence-corrected chi connectivity index (χ4v) is 6.92. The van der Waals surface area contributed by atoms with Crippen molar-refractivity contribution in [2.24, 2.45) is 9.98 Å². The molecule has 3 atom stereocenters. The van der Waals surface area contributed by atoms with Crippen molar-refractivity contribution in [3.05, 3.63) is 133 Å². The molecular weight excluding hydrogens is 536 g/mol. The van der Waals surface area contributed by atoms with E-state index in [0.29, 0.717) is 0 Å². The van der Waals surface area contributed by atoms with Crippen LogP contribution in [0, 0.1) is 0 Å². The number of fused-ring (bicyclic) bond motifs is 2. The summed E-state index contributed by atoms with van der Waals surface area (Å²) in [6, 6.07) is 37.2. The Morgan fingerprint density at radius 1 is 0.568 bits per heavy atom.